The smallest absolute Gasteiger partial charge is 0.490 e. The summed E-state index contributed by atoms with van der Waals surface area (Å²) < 4.78 is 64.6. The van der Waals surface area contributed by atoms with Crippen LogP contribution < -0.4 is 14.2 Å². The van der Waals surface area contributed by atoms with E-state index in [0.717, 1.165) is 38.2 Å². The zero-order chi connectivity index (χ0) is 36.3. The molecule has 0 amide bonds. The lowest BCUT2D eigenvalue weighted by Gasteiger charge is -2.20. The summed E-state index contributed by atoms with van der Waals surface area (Å²) in [6.45, 7) is 0.494. The van der Waals surface area contributed by atoms with Gasteiger partial charge in [-0.25, -0.2) is 19.2 Å². The number of carbonyl (C=O) groups is 4. The van der Waals surface area contributed by atoms with Crippen molar-refractivity contribution in [1.82, 2.24) is 0 Å². The monoisotopic (exact) mass is 732 g/mol. The topological polar surface area (TPSA) is 179 Å². The normalized spacial score (nSPS) is 22.0. The summed E-state index contributed by atoms with van der Waals surface area (Å²) >= 11 is 0. The zero-order valence-corrected chi connectivity index (χ0v) is 28.0. The molecule has 4 heterocycles. The highest BCUT2D eigenvalue weighted by Crippen LogP contribution is 2.37. The fraction of sp³-hybridized carbons (Fsp3) is 0.351. The SMILES string of the molecule is O=C1OCC(COc2ccc3ccc(COC4COC(=O)O4)c(Cc4c(OCC5COC(=O)O5)ccc5ccc(OCC6COC(=O)O6)cc45)c3c2)O1. The molecule has 0 N–H and O–H groups in total. The Bertz CT molecular complexity index is 1910. The first-order chi connectivity index (χ1) is 25.8. The van der Waals surface area contributed by atoms with Crippen LogP contribution in [0.5, 0.6) is 17.2 Å². The molecule has 4 unspecified atom stereocenters. The minimum Gasteiger partial charge on any atom is -0.490 e. The second-order valence-electron chi connectivity index (χ2n) is 12.4. The molecule has 8 rings (SSSR count). The fourth-order valence-electron chi connectivity index (χ4n) is 6.24. The highest BCUT2D eigenvalue weighted by atomic mass is 16.8. The molecule has 4 atom stereocenters. The quantitative estimate of drug-likeness (QED) is 0.120. The van der Waals surface area contributed by atoms with Gasteiger partial charge in [0.1, 0.15) is 56.9 Å². The van der Waals surface area contributed by atoms with Crippen molar-refractivity contribution in [1.29, 1.82) is 0 Å². The van der Waals surface area contributed by atoms with Gasteiger partial charge in [0.25, 0.3) is 0 Å². The minimum absolute atomic E-state index is 0.0408. The number of fused-ring (bicyclic) bond motifs is 2. The molecule has 4 saturated heterocycles. The third-order valence-electron chi connectivity index (χ3n) is 8.85. The van der Waals surface area contributed by atoms with Gasteiger partial charge < -0.3 is 56.8 Å². The van der Waals surface area contributed by atoms with Crippen LogP contribution in [0.3, 0.4) is 0 Å². The van der Waals surface area contributed by atoms with E-state index in [2.05, 4.69) is 0 Å². The van der Waals surface area contributed by atoms with Gasteiger partial charge in [0.2, 0.25) is 6.29 Å². The zero-order valence-electron chi connectivity index (χ0n) is 28.0. The Morgan fingerprint density at radius 2 is 1.02 bits per heavy atom. The molecule has 0 bridgehead atoms. The van der Waals surface area contributed by atoms with E-state index >= 15 is 0 Å². The number of rotatable bonds is 14. The van der Waals surface area contributed by atoms with Gasteiger partial charge in [-0.3, -0.25) is 0 Å². The molecule has 4 aliphatic rings. The lowest BCUT2D eigenvalue weighted by Crippen LogP contribution is -2.20. The van der Waals surface area contributed by atoms with E-state index in [1.54, 1.807) is 0 Å². The van der Waals surface area contributed by atoms with Crippen molar-refractivity contribution in [2.45, 2.75) is 37.6 Å². The van der Waals surface area contributed by atoms with Gasteiger partial charge in [-0.1, -0.05) is 30.3 Å². The predicted octanol–water partition coefficient (Wildman–Crippen LogP) is 5.34. The van der Waals surface area contributed by atoms with Gasteiger partial charge in [-0.15, -0.1) is 0 Å². The first-order valence-electron chi connectivity index (χ1n) is 16.8. The van der Waals surface area contributed by atoms with E-state index in [1.807, 2.05) is 60.7 Å². The molecule has 0 spiro atoms. The summed E-state index contributed by atoms with van der Waals surface area (Å²) in [6.07, 6.45) is -5.30. The summed E-state index contributed by atoms with van der Waals surface area (Å²) in [5.41, 5.74) is 2.41. The number of ether oxygens (including phenoxy) is 12. The van der Waals surface area contributed by atoms with Gasteiger partial charge >= 0.3 is 24.6 Å². The molecule has 0 aliphatic carbocycles. The van der Waals surface area contributed by atoms with Crippen molar-refractivity contribution < 1.29 is 76.0 Å². The van der Waals surface area contributed by atoms with Gasteiger partial charge in [0.15, 0.2) is 24.9 Å². The molecule has 16 nitrogen and oxygen atoms in total. The van der Waals surface area contributed by atoms with Crippen LogP contribution in [-0.4, -0.2) is 95.5 Å². The molecule has 16 heteroatoms. The number of cyclic esters (lactones) is 8. The third-order valence-corrected chi connectivity index (χ3v) is 8.85. The lowest BCUT2D eigenvalue weighted by atomic mass is 9.91. The average molecular weight is 733 g/mol. The first-order valence-corrected chi connectivity index (χ1v) is 16.8. The largest absolute Gasteiger partial charge is 0.510 e. The molecule has 0 saturated carbocycles. The molecule has 53 heavy (non-hydrogen) atoms. The van der Waals surface area contributed by atoms with Crippen LogP contribution in [0.4, 0.5) is 19.2 Å². The average Bonchev–Trinajstić information content (AvgIpc) is 3.98. The van der Waals surface area contributed by atoms with Crippen LogP contribution in [0, 0.1) is 0 Å². The van der Waals surface area contributed by atoms with Gasteiger partial charge in [-0.2, -0.15) is 0 Å². The Labute approximate surface area is 300 Å². The van der Waals surface area contributed by atoms with Gasteiger partial charge in [0.05, 0.1) is 6.61 Å². The summed E-state index contributed by atoms with van der Waals surface area (Å²) in [5.74, 6) is 1.57. The van der Waals surface area contributed by atoms with E-state index in [-0.39, 0.29) is 52.9 Å². The second-order valence-corrected chi connectivity index (χ2v) is 12.4. The Balaban J connectivity index is 1.16. The van der Waals surface area contributed by atoms with E-state index in [0.29, 0.717) is 23.7 Å². The highest BCUT2D eigenvalue weighted by Gasteiger charge is 2.29. The summed E-state index contributed by atoms with van der Waals surface area (Å²) in [7, 11) is 0. The summed E-state index contributed by atoms with van der Waals surface area (Å²) in [5, 5.41) is 3.42. The van der Waals surface area contributed by atoms with Crippen molar-refractivity contribution in [2.24, 2.45) is 0 Å². The van der Waals surface area contributed by atoms with E-state index in [9.17, 15) is 19.2 Å². The van der Waals surface area contributed by atoms with E-state index in [4.69, 9.17) is 56.8 Å². The Kier molecular flexibility index (Phi) is 9.50. The van der Waals surface area contributed by atoms with Gasteiger partial charge in [0, 0.05) is 12.0 Å². The van der Waals surface area contributed by atoms with Crippen molar-refractivity contribution >= 4 is 46.2 Å². The Hall–Kier alpha value is -6.16. The standard InChI is InChI=1S/C37H32O16/c38-34-46-16-25(50-34)13-42-23-6-3-20-1-2-22(12-45-33-19-49-37(41)53-33)30(28(20)9-23)11-31-29-10-24(43-14-26-17-47-35(39)51-26)7-4-21(29)5-8-32(31)44-15-27-18-48-36(40)52-27/h1-10,25-27,33H,11-19H2. The number of hydrogen-bond donors (Lipinski definition) is 0. The molecule has 0 radical (unpaired) electrons. The molecule has 4 fully saturated rings. The van der Waals surface area contributed by atoms with Gasteiger partial charge in [-0.05, 0) is 63.0 Å². The minimum atomic E-state index is -0.880. The maximum absolute atomic E-state index is 11.6. The lowest BCUT2D eigenvalue weighted by molar-refractivity contribution is -0.0861. The van der Waals surface area contributed by atoms with E-state index < -0.39 is 49.2 Å². The Morgan fingerprint density at radius 3 is 1.55 bits per heavy atom. The van der Waals surface area contributed by atoms with Crippen molar-refractivity contribution in [3.8, 4) is 17.2 Å². The van der Waals surface area contributed by atoms with Crippen molar-refractivity contribution in [3.05, 3.63) is 77.4 Å². The molecule has 0 aromatic heterocycles. The summed E-state index contributed by atoms with van der Waals surface area (Å²) in [6, 6.07) is 18.9. The van der Waals surface area contributed by atoms with Crippen molar-refractivity contribution in [2.75, 3.05) is 46.2 Å². The predicted molar refractivity (Wildman–Crippen MR) is 177 cm³/mol. The summed E-state index contributed by atoms with van der Waals surface area (Å²) in [4.78, 5) is 46.1. The molecule has 4 aromatic carbocycles. The maximum Gasteiger partial charge on any atom is 0.510 e. The highest BCUT2D eigenvalue weighted by molar-refractivity contribution is 5.92. The van der Waals surface area contributed by atoms with Crippen LogP contribution in [0.1, 0.15) is 16.7 Å². The van der Waals surface area contributed by atoms with Crippen LogP contribution >= 0.6 is 0 Å². The van der Waals surface area contributed by atoms with Crippen LogP contribution in [0.2, 0.25) is 0 Å². The van der Waals surface area contributed by atoms with Crippen molar-refractivity contribution in [3.63, 3.8) is 0 Å². The molecule has 4 aromatic rings. The van der Waals surface area contributed by atoms with Crippen LogP contribution in [-0.2, 0) is 55.7 Å². The van der Waals surface area contributed by atoms with Crippen LogP contribution in [0.15, 0.2) is 60.7 Å². The molecular formula is C37H32O16. The molecular weight excluding hydrogens is 700 g/mol. The fourth-order valence-corrected chi connectivity index (χ4v) is 6.24. The second kappa shape index (κ2) is 14.8. The number of carbonyl (C=O) groups excluding carboxylic acids is 4. The van der Waals surface area contributed by atoms with E-state index in [1.165, 1.54) is 0 Å². The first kappa shape index (κ1) is 34.0. The molecule has 276 valence electrons. The number of benzene rings is 4. The number of hydrogen-bond acceptors (Lipinski definition) is 16. The third kappa shape index (κ3) is 7.86. The van der Waals surface area contributed by atoms with Crippen LogP contribution in [0.25, 0.3) is 21.5 Å². The maximum atomic E-state index is 11.6. The Morgan fingerprint density at radius 1 is 0.528 bits per heavy atom. The molecule has 4 aliphatic heterocycles.